The topological polar surface area (TPSA) is 69.1 Å². The molecular formula is C10H13ClN2OS. The van der Waals surface area contributed by atoms with Crippen molar-refractivity contribution in [2.24, 2.45) is 5.73 Å². The molecule has 3 nitrogen and oxygen atoms in total. The van der Waals surface area contributed by atoms with Crippen LogP contribution in [0.25, 0.3) is 0 Å². The van der Waals surface area contributed by atoms with E-state index in [0.29, 0.717) is 17.1 Å². The van der Waals surface area contributed by atoms with Gasteiger partial charge < -0.3 is 11.5 Å². The van der Waals surface area contributed by atoms with Crippen LogP contribution in [0.1, 0.15) is 13.3 Å². The van der Waals surface area contributed by atoms with Gasteiger partial charge in [-0.15, -0.1) is 11.8 Å². The van der Waals surface area contributed by atoms with Gasteiger partial charge in [0.1, 0.15) is 0 Å². The highest BCUT2D eigenvalue weighted by molar-refractivity contribution is 8.00. The quantitative estimate of drug-likeness (QED) is 0.631. The molecule has 1 amide bonds. The number of hydrogen-bond donors (Lipinski definition) is 2. The van der Waals surface area contributed by atoms with E-state index in [1.54, 1.807) is 18.2 Å². The summed E-state index contributed by atoms with van der Waals surface area (Å²) in [4.78, 5) is 11.9. The Labute approximate surface area is 98.2 Å². The molecule has 1 aromatic rings. The fraction of sp³-hybridized carbons (Fsp3) is 0.300. The number of benzene rings is 1. The summed E-state index contributed by atoms with van der Waals surface area (Å²) in [6, 6.07) is 5.22. The summed E-state index contributed by atoms with van der Waals surface area (Å²) < 4.78 is 0. The third-order valence-corrected chi connectivity index (χ3v) is 3.80. The molecule has 0 radical (unpaired) electrons. The first-order valence-corrected chi connectivity index (χ1v) is 5.81. The van der Waals surface area contributed by atoms with Crippen molar-refractivity contribution < 1.29 is 4.79 Å². The largest absolute Gasteiger partial charge is 0.399 e. The molecule has 0 heterocycles. The third-order valence-electron chi connectivity index (χ3n) is 1.91. The van der Waals surface area contributed by atoms with Crippen molar-refractivity contribution >= 4 is 35.0 Å². The van der Waals surface area contributed by atoms with Crippen LogP contribution in [0.3, 0.4) is 0 Å². The number of primary amides is 1. The van der Waals surface area contributed by atoms with Gasteiger partial charge in [-0.25, -0.2) is 0 Å². The Morgan fingerprint density at radius 3 is 2.73 bits per heavy atom. The molecule has 1 unspecified atom stereocenters. The van der Waals surface area contributed by atoms with E-state index in [-0.39, 0.29) is 11.2 Å². The number of anilines is 1. The second-order valence-electron chi connectivity index (χ2n) is 3.11. The minimum absolute atomic E-state index is 0.244. The normalized spacial score (nSPS) is 12.4. The molecule has 82 valence electrons. The molecule has 1 rings (SSSR count). The third kappa shape index (κ3) is 3.32. The lowest BCUT2D eigenvalue weighted by Gasteiger charge is -2.11. The van der Waals surface area contributed by atoms with E-state index in [9.17, 15) is 4.79 Å². The van der Waals surface area contributed by atoms with Crippen molar-refractivity contribution in [1.82, 2.24) is 0 Å². The lowest BCUT2D eigenvalue weighted by Crippen LogP contribution is -2.24. The Morgan fingerprint density at radius 1 is 1.60 bits per heavy atom. The first kappa shape index (κ1) is 12.2. The van der Waals surface area contributed by atoms with E-state index in [0.717, 1.165) is 4.90 Å². The zero-order valence-corrected chi connectivity index (χ0v) is 9.94. The SMILES string of the molecule is CCC(Sc1ccc(N)cc1Cl)C(N)=O. The fourth-order valence-corrected chi connectivity index (χ4v) is 2.34. The number of amides is 1. The van der Waals surface area contributed by atoms with Crippen molar-refractivity contribution in [1.29, 1.82) is 0 Å². The Bertz CT molecular complexity index is 370. The van der Waals surface area contributed by atoms with Crippen LogP contribution in [-0.2, 0) is 4.79 Å². The molecule has 1 atom stereocenters. The van der Waals surface area contributed by atoms with Crippen molar-refractivity contribution in [3.63, 3.8) is 0 Å². The molecule has 0 aromatic heterocycles. The van der Waals surface area contributed by atoms with Crippen LogP contribution < -0.4 is 11.5 Å². The van der Waals surface area contributed by atoms with Gasteiger partial charge in [-0.05, 0) is 24.6 Å². The highest BCUT2D eigenvalue weighted by Gasteiger charge is 2.15. The van der Waals surface area contributed by atoms with E-state index in [4.69, 9.17) is 23.1 Å². The second-order valence-corrected chi connectivity index (χ2v) is 4.76. The van der Waals surface area contributed by atoms with Crippen LogP contribution in [0.4, 0.5) is 5.69 Å². The van der Waals surface area contributed by atoms with Gasteiger partial charge in [0.25, 0.3) is 0 Å². The molecule has 0 fully saturated rings. The summed E-state index contributed by atoms with van der Waals surface area (Å²) >= 11 is 7.35. The molecular weight excluding hydrogens is 232 g/mol. The molecule has 0 saturated carbocycles. The minimum atomic E-state index is -0.324. The van der Waals surface area contributed by atoms with E-state index < -0.39 is 0 Å². The van der Waals surface area contributed by atoms with E-state index >= 15 is 0 Å². The van der Waals surface area contributed by atoms with Crippen LogP contribution in [0.2, 0.25) is 5.02 Å². The Balaban J connectivity index is 2.84. The van der Waals surface area contributed by atoms with Gasteiger partial charge in [0.2, 0.25) is 5.91 Å². The molecule has 0 aliphatic rings. The number of thioether (sulfide) groups is 1. The molecule has 0 aliphatic heterocycles. The van der Waals surface area contributed by atoms with Gasteiger partial charge in [-0.2, -0.15) is 0 Å². The number of nitrogen functional groups attached to an aromatic ring is 1. The van der Waals surface area contributed by atoms with Gasteiger partial charge in [0.15, 0.2) is 0 Å². The standard InChI is InChI=1S/C10H13ClN2OS/c1-2-8(10(13)14)15-9-4-3-6(12)5-7(9)11/h3-5,8H,2,12H2,1H3,(H2,13,14). The van der Waals surface area contributed by atoms with Crippen LogP contribution in [-0.4, -0.2) is 11.2 Å². The number of rotatable bonds is 4. The van der Waals surface area contributed by atoms with Crippen LogP contribution in [0.5, 0.6) is 0 Å². The number of hydrogen-bond acceptors (Lipinski definition) is 3. The maximum absolute atomic E-state index is 11.0. The lowest BCUT2D eigenvalue weighted by atomic mass is 10.3. The molecule has 0 aliphatic carbocycles. The lowest BCUT2D eigenvalue weighted by molar-refractivity contribution is -0.117. The summed E-state index contributed by atoms with van der Waals surface area (Å²) in [5.74, 6) is -0.324. The first-order chi connectivity index (χ1) is 7.04. The number of halogens is 1. The molecule has 4 N–H and O–H groups in total. The minimum Gasteiger partial charge on any atom is -0.399 e. The Hall–Kier alpha value is -0.870. The predicted molar refractivity (Wildman–Crippen MR) is 65.0 cm³/mol. The molecule has 0 spiro atoms. The van der Waals surface area contributed by atoms with Gasteiger partial charge in [0.05, 0.1) is 10.3 Å². The summed E-state index contributed by atoms with van der Waals surface area (Å²) in [5, 5.41) is 0.311. The summed E-state index contributed by atoms with van der Waals surface area (Å²) in [6.45, 7) is 1.91. The average molecular weight is 245 g/mol. The maximum atomic E-state index is 11.0. The van der Waals surface area contributed by atoms with Crippen LogP contribution >= 0.6 is 23.4 Å². The number of nitrogens with two attached hydrogens (primary N) is 2. The summed E-state index contributed by atoms with van der Waals surface area (Å²) in [6.07, 6.45) is 0.681. The average Bonchev–Trinajstić information content (AvgIpc) is 2.16. The maximum Gasteiger partial charge on any atom is 0.230 e. The van der Waals surface area contributed by atoms with Crippen LogP contribution in [0.15, 0.2) is 23.1 Å². The van der Waals surface area contributed by atoms with Gasteiger partial charge >= 0.3 is 0 Å². The molecule has 0 saturated heterocycles. The zero-order valence-electron chi connectivity index (χ0n) is 8.37. The first-order valence-electron chi connectivity index (χ1n) is 4.55. The highest BCUT2D eigenvalue weighted by Crippen LogP contribution is 2.32. The molecule has 15 heavy (non-hydrogen) atoms. The molecule has 0 bridgehead atoms. The molecule has 5 heteroatoms. The second kappa shape index (κ2) is 5.28. The van der Waals surface area contributed by atoms with Crippen molar-refractivity contribution in [3.8, 4) is 0 Å². The van der Waals surface area contributed by atoms with E-state index in [2.05, 4.69) is 0 Å². The van der Waals surface area contributed by atoms with Crippen molar-refractivity contribution in [2.45, 2.75) is 23.5 Å². The summed E-state index contributed by atoms with van der Waals surface area (Å²) in [7, 11) is 0. The molecule has 1 aromatic carbocycles. The number of carbonyl (C=O) groups is 1. The van der Waals surface area contributed by atoms with E-state index in [1.165, 1.54) is 11.8 Å². The number of carbonyl (C=O) groups excluding carboxylic acids is 1. The van der Waals surface area contributed by atoms with Gasteiger partial charge in [0, 0.05) is 10.6 Å². The van der Waals surface area contributed by atoms with Crippen LogP contribution in [0, 0.1) is 0 Å². The Morgan fingerprint density at radius 2 is 2.27 bits per heavy atom. The zero-order chi connectivity index (χ0) is 11.4. The summed E-state index contributed by atoms with van der Waals surface area (Å²) in [5.41, 5.74) is 11.4. The van der Waals surface area contributed by atoms with Gasteiger partial charge in [-0.3, -0.25) is 4.79 Å². The van der Waals surface area contributed by atoms with Crippen molar-refractivity contribution in [3.05, 3.63) is 23.2 Å². The predicted octanol–water partition coefficient (Wildman–Crippen LogP) is 2.28. The monoisotopic (exact) mass is 244 g/mol. The van der Waals surface area contributed by atoms with Gasteiger partial charge in [-0.1, -0.05) is 18.5 Å². The van der Waals surface area contributed by atoms with E-state index in [1.807, 2.05) is 6.92 Å². The highest BCUT2D eigenvalue weighted by atomic mass is 35.5. The fourth-order valence-electron chi connectivity index (χ4n) is 1.11. The van der Waals surface area contributed by atoms with Crippen molar-refractivity contribution in [2.75, 3.05) is 5.73 Å². The smallest absolute Gasteiger partial charge is 0.230 e. The Kier molecular flexibility index (Phi) is 4.29.